The third-order valence-electron chi connectivity index (χ3n) is 2.83. The summed E-state index contributed by atoms with van der Waals surface area (Å²) in [6.07, 6.45) is 0. The van der Waals surface area contributed by atoms with Gasteiger partial charge in [-0.05, 0) is 30.3 Å². The first kappa shape index (κ1) is 16.0. The predicted molar refractivity (Wildman–Crippen MR) is 85.6 cm³/mol. The number of anilines is 1. The van der Waals surface area contributed by atoms with Crippen molar-refractivity contribution in [1.29, 1.82) is 0 Å². The molecule has 0 aromatic heterocycles. The second-order valence-corrected chi connectivity index (χ2v) is 5.44. The molecule has 0 radical (unpaired) electrons. The van der Waals surface area contributed by atoms with Crippen molar-refractivity contribution >= 4 is 29.3 Å². The van der Waals surface area contributed by atoms with Crippen LogP contribution in [0.3, 0.4) is 0 Å². The number of carbonyl (C=O) groups excluding carboxylic acids is 2. The zero-order chi connectivity index (χ0) is 15.9. The number of carbonyl (C=O) groups is 2. The summed E-state index contributed by atoms with van der Waals surface area (Å²) in [4.78, 5) is 23.9. The molecule has 2 amide bonds. The third kappa shape index (κ3) is 4.33. The summed E-state index contributed by atoms with van der Waals surface area (Å²) < 4.78 is 13.5. The van der Waals surface area contributed by atoms with Crippen LogP contribution in [0.1, 0.15) is 10.4 Å². The molecule has 114 valence electrons. The van der Waals surface area contributed by atoms with Gasteiger partial charge in [0.1, 0.15) is 5.82 Å². The molecule has 0 spiro atoms. The second kappa shape index (κ2) is 7.61. The maximum Gasteiger partial charge on any atom is 0.251 e. The van der Waals surface area contributed by atoms with Gasteiger partial charge >= 0.3 is 0 Å². The van der Waals surface area contributed by atoms with Crippen LogP contribution in [0.5, 0.6) is 0 Å². The fourth-order valence-corrected chi connectivity index (χ4v) is 2.52. The van der Waals surface area contributed by atoms with E-state index in [9.17, 15) is 14.0 Å². The van der Waals surface area contributed by atoms with Crippen molar-refractivity contribution in [3.8, 4) is 0 Å². The highest BCUT2D eigenvalue weighted by atomic mass is 32.2. The van der Waals surface area contributed by atoms with Crippen molar-refractivity contribution in [2.45, 2.75) is 4.90 Å². The number of benzene rings is 2. The van der Waals surface area contributed by atoms with Crippen LogP contribution in [0.15, 0.2) is 53.4 Å². The summed E-state index contributed by atoms with van der Waals surface area (Å²) >= 11 is 1.12. The number of thioether (sulfide) groups is 1. The van der Waals surface area contributed by atoms with Crippen molar-refractivity contribution in [2.24, 2.45) is 0 Å². The lowest BCUT2D eigenvalue weighted by molar-refractivity contribution is -0.113. The first-order valence-electron chi connectivity index (χ1n) is 6.59. The average Bonchev–Trinajstić information content (AvgIpc) is 2.53. The van der Waals surface area contributed by atoms with Gasteiger partial charge < -0.3 is 10.6 Å². The van der Waals surface area contributed by atoms with E-state index in [1.54, 1.807) is 49.5 Å². The van der Waals surface area contributed by atoms with Crippen LogP contribution in [-0.2, 0) is 4.79 Å². The highest BCUT2D eigenvalue weighted by molar-refractivity contribution is 8.00. The van der Waals surface area contributed by atoms with Crippen LogP contribution >= 0.6 is 11.8 Å². The van der Waals surface area contributed by atoms with E-state index in [1.165, 1.54) is 6.07 Å². The van der Waals surface area contributed by atoms with E-state index < -0.39 is 0 Å². The summed E-state index contributed by atoms with van der Waals surface area (Å²) in [5, 5.41) is 5.21. The Labute approximate surface area is 132 Å². The SMILES string of the molecule is CNC(=O)c1cccc(NC(=O)CSc2ccccc2F)c1. The highest BCUT2D eigenvalue weighted by Gasteiger charge is 2.08. The number of hydrogen-bond acceptors (Lipinski definition) is 3. The molecule has 0 saturated heterocycles. The third-order valence-corrected chi connectivity index (χ3v) is 3.88. The zero-order valence-electron chi connectivity index (χ0n) is 11.9. The van der Waals surface area contributed by atoms with E-state index in [0.29, 0.717) is 16.1 Å². The number of hydrogen-bond donors (Lipinski definition) is 2. The molecule has 4 nitrogen and oxygen atoms in total. The minimum Gasteiger partial charge on any atom is -0.355 e. The van der Waals surface area contributed by atoms with Gasteiger partial charge in [-0.25, -0.2) is 4.39 Å². The quantitative estimate of drug-likeness (QED) is 0.834. The van der Waals surface area contributed by atoms with E-state index in [2.05, 4.69) is 10.6 Å². The van der Waals surface area contributed by atoms with Gasteiger partial charge in [0.15, 0.2) is 0 Å². The Bertz CT molecular complexity index is 691. The Kier molecular flexibility index (Phi) is 5.55. The monoisotopic (exact) mass is 318 g/mol. The molecule has 6 heteroatoms. The molecule has 0 atom stereocenters. The van der Waals surface area contributed by atoms with E-state index in [4.69, 9.17) is 0 Å². The summed E-state index contributed by atoms with van der Waals surface area (Å²) in [6, 6.07) is 12.9. The predicted octanol–water partition coefficient (Wildman–Crippen LogP) is 2.92. The first-order chi connectivity index (χ1) is 10.6. The Morgan fingerprint density at radius 3 is 2.64 bits per heavy atom. The summed E-state index contributed by atoms with van der Waals surface area (Å²) in [5.74, 6) is -0.744. The number of nitrogens with one attached hydrogen (secondary N) is 2. The van der Waals surface area contributed by atoms with E-state index in [1.807, 2.05) is 0 Å². The number of rotatable bonds is 5. The van der Waals surface area contributed by atoms with Crippen molar-refractivity contribution in [1.82, 2.24) is 5.32 Å². The molecule has 0 fully saturated rings. The van der Waals surface area contributed by atoms with E-state index >= 15 is 0 Å². The van der Waals surface area contributed by atoms with Gasteiger partial charge in [0, 0.05) is 23.2 Å². The van der Waals surface area contributed by atoms with Gasteiger partial charge in [-0.2, -0.15) is 0 Å². The lowest BCUT2D eigenvalue weighted by Crippen LogP contribution is -2.19. The Morgan fingerprint density at radius 1 is 1.14 bits per heavy atom. The zero-order valence-corrected chi connectivity index (χ0v) is 12.7. The highest BCUT2D eigenvalue weighted by Crippen LogP contribution is 2.21. The lowest BCUT2D eigenvalue weighted by Gasteiger charge is -2.07. The average molecular weight is 318 g/mol. The van der Waals surface area contributed by atoms with Gasteiger partial charge in [-0.1, -0.05) is 18.2 Å². The van der Waals surface area contributed by atoms with Gasteiger partial charge in [-0.15, -0.1) is 11.8 Å². The summed E-state index contributed by atoms with van der Waals surface area (Å²) in [5.41, 5.74) is 0.988. The molecule has 0 saturated carbocycles. The van der Waals surface area contributed by atoms with Crippen LogP contribution in [-0.4, -0.2) is 24.6 Å². The van der Waals surface area contributed by atoms with Crippen LogP contribution in [0.2, 0.25) is 0 Å². The van der Waals surface area contributed by atoms with Gasteiger partial charge in [0.05, 0.1) is 5.75 Å². The van der Waals surface area contributed by atoms with Gasteiger partial charge in [-0.3, -0.25) is 9.59 Å². The molecule has 2 aromatic rings. The van der Waals surface area contributed by atoms with Crippen molar-refractivity contribution < 1.29 is 14.0 Å². The molecule has 0 aliphatic rings. The molecule has 0 unspecified atom stereocenters. The topological polar surface area (TPSA) is 58.2 Å². The molecule has 0 aliphatic carbocycles. The van der Waals surface area contributed by atoms with Crippen LogP contribution in [0.4, 0.5) is 10.1 Å². The Hall–Kier alpha value is -2.34. The van der Waals surface area contributed by atoms with Crippen LogP contribution in [0.25, 0.3) is 0 Å². The molecule has 22 heavy (non-hydrogen) atoms. The molecule has 2 N–H and O–H groups in total. The molecule has 2 rings (SSSR count). The van der Waals surface area contributed by atoms with Crippen molar-refractivity contribution in [3.63, 3.8) is 0 Å². The van der Waals surface area contributed by atoms with Crippen molar-refractivity contribution in [3.05, 3.63) is 59.9 Å². The van der Waals surface area contributed by atoms with Crippen molar-refractivity contribution in [2.75, 3.05) is 18.1 Å². The summed E-state index contributed by atoms with van der Waals surface area (Å²) in [6.45, 7) is 0. The second-order valence-electron chi connectivity index (χ2n) is 4.43. The van der Waals surface area contributed by atoms with E-state index in [0.717, 1.165) is 11.8 Å². The molecular formula is C16H15FN2O2S. The molecule has 0 heterocycles. The fraction of sp³-hybridized carbons (Fsp3) is 0.125. The lowest BCUT2D eigenvalue weighted by atomic mass is 10.2. The van der Waals surface area contributed by atoms with E-state index in [-0.39, 0.29) is 23.4 Å². The molecule has 2 aromatic carbocycles. The van der Waals surface area contributed by atoms with Gasteiger partial charge in [0.2, 0.25) is 5.91 Å². The van der Waals surface area contributed by atoms with Gasteiger partial charge in [0.25, 0.3) is 5.91 Å². The molecule has 0 bridgehead atoms. The van der Waals surface area contributed by atoms with Crippen LogP contribution < -0.4 is 10.6 Å². The Balaban J connectivity index is 1.95. The first-order valence-corrected chi connectivity index (χ1v) is 7.58. The largest absolute Gasteiger partial charge is 0.355 e. The smallest absolute Gasteiger partial charge is 0.251 e. The molecule has 0 aliphatic heterocycles. The number of halogens is 1. The standard InChI is InChI=1S/C16H15FN2O2S/c1-18-16(21)11-5-4-6-12(9-11)19-15(20)10-22-14-8-3-2-7-13(14)17/h2-9H,10H2,1H3,(H,18,21)(H,19,20). The maximum absolute atomic E-state index is 13.5. The maximum atomic E-state index is 13.5. The minimum absolute atomic E-state index is 0.0884. The van der Waals surface area contributed by atoms with Crippen LogP contribution in [0, 0.1) is 5.82 Å². The number of amides is 2. The normalized spacial score (nSPS) is 10.1. The minimum atomic E-state index is -0.345. The molecular weight excluding hydrogens is 303 g/mol. The fourth-order valence-electron chi connectivity index (χ4n) is 1.78. The Morgan fingerprint density at radius 2 is 1.91 bits per heavy atom. The summed E-state index contributed by atoms with van der Waals surface area (Å²) in [7, 11) is 1.54.